The largest absolute Gasteiger partial charge is 0.496 e. The summed E-state index contributed by atoms with van der Waals surface area (Å²) >= 11 is 4.28. The fourth-order valence-corrected chi connectivity index (χ4v) is 1.73. The van der Waals surface area contributed by atoms with Crippen molar-refractivity contribution < 1.29 is 9.53 Å². The quantitative estimate of drug-likeness (QED) is 0.776. The van der Waals surface area contributed by atoms with Crippen molar-refractivity contribution in [2.24, 2.45) is 5.92 Å². The molecule has 0 aliphatic heterocycles. The first kappa shape index (κ1) is 14.9. The molecule has 0 aliphatic rings. The summed E-state index contributed by atoms with van der Waals surface area (Å²) < 4.78 is 5.26. The lowest BCUT2D eigenvalue weighted by molar-refractivity contribution is -0.121. The monoisotopic (exact) mass is 267 g/mol. The molecule has 0 saturated heterocycles. The van der Waals surface area contributed by atoms with Gasteiger partial charge in [-0.2, -0.15) is 12.6 Å². The Morgan fingerprint density at radius 3 is 2.67 bits per heavy atom. The SMILES string of the molecule is COc1ccccc1CCNC(=O)C(S)C(C)C. The number of benzene rings is 1. The van der Waals surface area contributed by atoms with Crippen molar-refractivity contribution in [2.45, 2.75) is 25.5 Å². The average molecular weight is 267 g/mol. The van der Waals surface area contributed by atoms with E-state index in [9.17, 15) is 4.79 Å². The summed E-state index contributed by atoms with van der Waals surface area (Å²) in [5.41, 5.74) is 1.10. The molecule has 3 nitrogen and oxygen atoms in total. The molecule has 1 aromatic carbocycles. The van der Waals surface area contributed by atoms with Crippen LogP contribution in [0.4, 0.5) is 0 Å². The number of carbonyl (C=O) groups excluding carboxylic acids is 1. The van der Waals surface area contributed by atoms with Crippen LogP contribution in [0.1, 0.15) is 19.4 Å². The predicted molar refractivity (Wildman–Crippen MR) is 77.3 cm³/mol. The minimum Gasteiger partial charge on any atom is -0.496 e. The molecule has 1 N–H and O–H groups in total. The number of methoxy groups -OCH3 is 1. The van der Waals surface area contributed by atoms with Crippen molar-refractivity contribution in [3.05, 3.63) is 29.8 Å². The van der Waals surface area contributed by atoms with Gasteiger partial charge in [-0.25, -0.2) is 0 Å². The molecule has 0 spiro atoms. The Bertz CT molecular complexity index is 393. The number of rotatable bonds is 6. The van der Waals surface area contributed by atoms with E-state index in [-0.39, 0.29) is 17.1 Å². The Morgan fingerprint density at radius 1 is 1.39 bits per heavy atom. The average Bonchev–Trinajstić information content (AvgIpc) is 2.38. The van der Waals surface area contributed by atoms with Crippen LogP contribution in [-0.2, 0) is 11.2 Å². The lowest BCUT2D eigenvalue weighted by atomic mass is 10.1. The molecular formula is C14H21NO2S. The first-order valence-electron chi connectivity index (χ1n) is 6.14. The molecule has 100 valence electrons. The summed E-state index contributed by atoms with van der Waals surface area (Å²) in [5.74, 6) is 1.08. The zero-order valence-electron chi connectivity index (χ0n) is 11.1. The van der Waals surface area contributed by atoms with Gasteiger partial charge in [0, 0.05) is 6.54 Å². The van der Waals surface area contributed by atoms with Crippen LogP contribution < -0.4 is 10.1 Å². The first-order valence-corrected chi connectivity index (χ1v) is 6.65. The Balaban J connectivity index is 2.44. The fraction of sp³-hybridized carbons (Fsp3) is 0.500. The smallest absolute Gasteiger partial charge is 0.233 e. The Hall–Kier alpha value is -1.16. The number of thiol groups is 1. The minimum atomic E-state index is -0.248. The number of hydrogen-bond donors (Lipinski definition) is 2. The molecule has 0 bridgehead atoms. The maximum Gasteiger partial charge on any atom is 0.233 e. The van der Waals surface area contributed by atoms with Gasteiger partial charge in [0.05, 0.1) is 12.4 Å². The van der Waals surface area contributed by atoms with Crippen LogP contribution in [0.3, 0.4) is 0 Å². The second-order valence-corrected chi connectivity index (χ2v) is 5.10. The summed E-state index contributed by atoms with van der Waals surface area (Å²) in [6, 6.07) is 7.83. The van der Waals surface area contributed by atoms with E-state index in [0.29, 0.717) is 6.54 Å². The van der Waals surface area contributed by atoms with Gasteiger partial charge in [-0.05, 0) is 24.0 Å². The van der Waals surface area contributed by atoms with Crippen LogP contribution in [0.5, 0.6) is 5.75 Å². The van der Waals surface area contributed by atoms with E-state index in [1.165, 1.54) is 0 Å². The maximum absolute atomic E-state index is 11.7. The van der Waals surface area contributed by atoms with Gasteiger partial charge in [-0.15, -0.1) is 0 Å². The van der Waals surface area contributed by atoms with Gasteiger partial charge >= 0.3 is 0 Å². The highest BCUT2D eigenvalue weighted by Gasteiger charge is 2.16. The van der Waals surface area contributed by atoms with E-state index in [2.05, 4.69) is 17.9 Å². The van der Waals surface area contributed by atoms with Crippen LogP contribution in [0, 0.1) is 5.92 Å². The zero-order valence-corrected chi connectivity index (χ0v) is 12.0. The van der Waals surface area contributed by atoms with E-state index in [0.717, 1.165) is 17.7 Å². The molecular weight excluding hydrogens is 246 g/mol. The first-order chi connectivity index (χ1) is 8.56. The highest BCUT2D eigenvalue weighted by molar-refractivity contribution is 7.81. The van der Waals surface area contributed by atoms with Gasteiger partial charge in [0.2, 0.25) is 5.91 Å². The molecule has 1 amide bonds. The molecule has 0 radical (unpaired) electrons. The number of ether oxygens (including phenoxy) is 1. The molecule has 0 saturated carbocycles. The summed E-state index contributed by atoms with van der Waals surface area (Å²) in [7, 11) is 1.65. The van der Waals surface area contributed by atoms with Crippen molar-refractivity contribution in [1.82, 2.24) is 5.32 Å². The van der Waals surface area contributed by atoms with Gasteiger partial charge < -0.3 is 10.1 Å². The highest BCUT2D eigenvalue weighted by atomic mass is 32.1. The molecule has 1 aromatic rings. The van der Waals surface area contributed by atoms with E-state index in [4.69, 9.17) is 4.74 Å². The highest BCUT2D eigenvalue weighted by Crippen LogP contribution is 2.17. The molecule has 0 aromatic heterocycles. The third-order valence-electron chi connectivity index (χ3n) is 2.79. The zero-order chi connectivity index (χ0) is 13.5. The van der Waals surface area contributed by atoms with Crippen molar-refractivity contribution in [1.29, 1.82) is 0 Å². The van der Waals surface area contributed by atoms with E-state index in [1.807, 2.05) is 38.1 Å². The van der Waals surface area contributed by atoms with E-state index in [1.54, 1.807) is 7.11 Å². The van der Waals surface area contributed by atoms with Gasteiger partial charge in [-0.1, -0.05) is 32.0 Å². The molecule has 1 atom stereocenters. The molecule has 18 heavy (non-hydrogen) atoms. The Labute approximate surface area is 114 Å². The summed E-state index contributed by atoms with van der Waals surface area (Å²) in [5, 5.41) is 2.65. The summed E-state index contributed by atoms with van der Waals surface area (Å²) in [6.45, 7) is 4.57. The number of hydrogen-bond acceptors (Lipinski definition) is 3. The number of nitrogens with one attached hydrogen (secondary N) is 1. The summed E-state index contributed by atoms with van der Waals surface area (Å²) in [4.78, 5) is 11.7. The van der Waals surface area contributed by atoms with Crippen LogP contribution >= 0.6 is 12.6 Å². The van der Waals surface area contributed by atoms with Gasteiger partial charge in [0.15, 0.2) is 0 Å². The van der Waals surface area contributed by atoms with Crippen LogP contribution in [-0.4, -0.2) is 24.8 Å². The van der Waals surface area contributed by atoms with Gasteiger partial charge in [0.1, 0.15) is 5.75 Å². The van der Waals surface area contributed by atoms with Crippen LogP contribution in [0.15, 0.2) is 24.3 Å². The van der Waals surface area contributed by atoms with E-state index < -0.39 is 0 Å². The Kier molecular flexibility index (Phi) is 6.05. The second-order valence-electron chi connectivity index (χ2n) is 4.54. The molecule has 1 rings (SSSR count). The predicted octanol–water partition coefficient (Wildman–Crippen LogP) is 2.31. The number of carbonyl (C=O) groups is 1. The number of amides is 1. The minimum absolute atomic E-state index is 0.0109. The molecule has 0 heterocycles. The van der Waals surface area contributed by atoms with Crippen LogP contribution in [0.25, 0.3) is 0 Å². The lowest BCUT2D eigenvalue weighted by Crippen LogP contribution is -2.35. The summed E-state index contributed by atoms with van der Waals surface area (Å²) in [6.07, 6.45) is 0.758. The maximum atomic E-state index is 11.7. The lowest BCUT2D eigenvalue weighted by Gasteiger charge is -2.15. The molecule has 4 heteroatoms. The van der Waals surface area contributed by atoms with Crippen LogP contribution in [0.2, 0.25) is 0 Å². The fourth-order valence-electron chi connectivity index (χ4n) is 1.64. The van der Waals surface area contributed by atoms with E-state index >= 15 is 0 Å². The van der Waals surface area contributed by atoms with Crippen molar-refractivity contribution in [2.75, 3.05) is 13.7 Å². The third-order valence-corrected chi connectivity index (χ3v) is 3.62. The van der Waals surface area contributed by atoms with Crippen molar-refractivity contribution >= 4 is 18.5 Å². The standard InChI is InChI=1S/C14H21NO2S/c1-10(2)13(18)14(16)15-9-8-11-6-4-5-7-12(11)17-3/h4-7,10,13,18H,8-9H2,1-3H3,(H,15,16). The van der Waals surface area contributed by atoms with Crippen molar-refractivity contribution in [3.63, 3.8) is 0 Å². The molecule has 1 unspecified atom stereocenters. The second kappa shape index (κ2) is 7.31. The normalized spacial score (nSPS) is 12.3. The molecule has 0 fully saturated rings. The topological polar surface area (TPSA) is 38.3 Å². The van der Waals surface area contributed by atoms with Gasteiger partial charge in [0.25, 0.3) is 0 Å². The number of para-hydroxylation sites is 1. The Morgan fingerprint density at radius 2 is 2.06 bits per heavy atom. The van der Waals surface area contributed by atoms with Crippen molar-refractivity contribution in [3.8, 4) is 5.75 Å². The van der Waals surface area contributed by atoms with Gasteiger partial charge in [-0.3, -0.25) is 4.79 Å². The molecule has 0 aliphatic carbocycles. The third kappa shape index (κ3) is 4.26.